The van der Waals surface area contributed by atoms with Crippen LogP contribution in [0.2, 0.25) is 0 Å². The third-order valence-corrected chi connectivity index (χ3v) is 4.60. The van der Waals surface area contributed by atoms with E-state index in [2.05, 4.69) is 0 Å². The number of likely N-dealkylation sites (tertiary alicyclic amines) is 2. The summed E-state index contributed by atoms with van der Waals surface area (Å²) in [6, 6.07) is 7.02. The maximum atomic E-state index is 12.5. The molecule has 1 atom stereocenters. The molecule has 3 amide bonds. The van der Waals surface area contributed by atoms with E-state index in [-0.39, 0.29) is 17.9 Å². The average Bonchev–Trinajstić information content (AvgIpc) is 2.57. The standard InChI is InChI=1S/C17H23N3O4/c1-23-14-6-2-3-7-15(14)24-13-10-20(11-13)16(21)12-5-4-8-19(9-12)17(18)22/h2-3,6-7,12-13H,4-5,8-11H2,1H3,(H2,18,22)/t12-/m1/s1. The zero-order valence-electron chi connectivity index (χ0n) is 13.8. The Morgan fingerprint density at radius 1 is 1.12 bits per heavy atom. The Hall–Kier alpha value is -2.44. The number of benzene rings is 1. The van der Waals surface area contributed by atoms with E-state index in [4.69, 9.17) is 15.2 Å². The summed E-state index contributed by atoms with van der Waals surface area (Å²) in [6.07, 6.45) is 1.59. The molecule has 1 aromatic rings. The molecule has 2 saturated heterocycles. The third kappa shape index (κ3) is 3.39. The molecule has 130 valence electrons. The Morgan fingerprint density at radius 3 is 2.50 bits per heavy atom. The van der Waals surface area contributed by atoms with Crippen LogP contribution in [0.1, 0.15) is 12.8 Å². The SMILES string of the molecule is COc1ccccc1OC1CN(C(=O)[C@@H]2CCCN(C(N)=O)C2)C1. The highest BCUT2D eigenvalue weighted by atomic mass is 16.5. The van der Waals surface area contributed by atoms with Crippen LogP contribution < -0.4 is 15.2 Å². The van der Waals surface area contributed by atoms with Crippen LogP contribution in [-0.4, -0.2) is 61.1 Å². The van der Waals surface area contributed by atoms with Crippen LogP contribution >= 0.6 is 0 Å². The van der Waals surface area contributed by atoms with E-state index in [0.29, 0.717) is 37.7 Å². The van der Waals surface area contributed by atoms with Crippen molar-refractivity contribution in [3.8, 4) is 11.5 Å². The second-order valence-corrected chi connectivity index (χ2v) is 6.26. The molecule has 0 aromatic heterocycles. The molecule has 0 aliphatic carbocycles. The largest absolute Gasteiger partial charge is 0.493 e. The zero-order valence-corrected chi connectivity index (χ0v) is 13.8. The van der Waals surface area contributed by atoms with Crippen molar-refractivity contribution in [1.29, 1.82) is 0 Å². The van der Waals surface area contributed by atoms with Crippen molar-refractivity contribution in [2.75, 3.05) is 33.3 Å². The average molecular weight is 333 g/mol. The summed E-state index contributed by atoms with van der Waals surface area (Å²) in [5.41, 5.74) is 5.32. The first-order chi connectivity index (χ1) is 11.6. The van der Waals surface area contributed by atoms with Crippen LogP contribution in [0.5, 0.6) is 11.5 Å². The molecule has 2 N–H and O–H groups in total. The van der Waals surface area contributed by atoms with Gasteiger partial charge in [-0.15, -0.1) is 0 Å². The molecule has 0 unspecified atom stereocenters. The topological polar surface area (TPSA) is 85.1 Å². The molecule has 0 bridgehead atoms. The van der Waals surface area contributed by atoms with Gasteiger partial charge in [0.25, 0.3) is 0 Å². The summed E-state index contributed by atoms with van der Waals surface area (Å²) < 4.78 is 11.2. The number of methoxy groups -OCH3 is 1. The van der Waals surface area contributed by atoms with Gasteiger partial charge in [-0.1, -0.05) is 12.1 Å². The highest BCUT2D eigenvalue weighted by Crippen LogP contribution is 2.29. The van der Waals surface area contributed by atoms with Gasteiger partial charge < -0.3 is 25.0 Å². The Bertz CT molecular complexity index is 616. The van der Waals surface area contributed by atoms with E-state index in [0.717, 1.165) is 12.8 Å². The van der Waals surface area contributed by atoms with Crippen LogP contribution in [0.15, 0.2) is 24.3 Å². The minimum atomic E-state index is -0.450. The summed E-state index contributed by atoms with van der Waals surface area (Å²) in [7, 11) is 1.60. The number of primary amides is 1. The lowest BCUT2D eigenvalue weighted by molar-refractivity contribution is -0.145. The van der Waals surface area contributed by atoms with E-state index in [9.17, 15) is 9.59 Å². The Morgan fingerprint density at radius 2 is 1.83 bits per heavy atom. The van der Waals surface area contributed by atoms with Crippen LogP contribution in [-0.2, 0) is 4.79 Å². The molecule has 0 saturated carbocycles. The molecule has 2 aliphatic heterocycles. The van der Waals surface area contributed by atoms with Crippen molar-refractivity contribution in [1.82, 2.24) is 9.80 Å². The lowest BCUT2D eigenvalue weighted by atomic mass is 9.95. The number of piperidine rings is 1. The third-order valence-electron chi connectivity index (χ3n) is 4.60. The molecule has 7 heteroatoms. The summed E-state index contributed by atoms with van der Waals surface area (Å²) in [5.74, 6) is 1.31. The maximum absolute atomic E-state index is 12.5. The van der Waals surface area contributed by atoms with Crippen molar-refractivity contribution in [2.24, 2.45) is 11.7 Å². The van der Waals surface area contributed by atoms with Gasteiger partial charge in [-0.2, -0.15) is 0 Å². The van der Waals surface area contributed by atoms with Gasteiger partial charge >= 0.3 is 6.03 Å². The number of hydrogen-bond acceptors (Lipinski definition) is 4. The molecular formula is C17H23N3O4. The minimum absolute atomic E-state index is 0.0268. The molecule has 2 heterocycles. The van der Waals surface area contributed by atoms with Gasteiger partial charge in [0.1, 0.15) is 6.10 Å². The molecule has 0 spiro atoms. The van der Waals surface area contributed by atoms with Gasteiger partial charge in [0.15, 0.2) is 11.5 Å². The van der Waals surface area contributed by atoms with Gasteiger partial charge in [0.05, 0.1) is 26.1 Å². The van der Waals surface area contributed by atoms with Crippen molar-refractivity contribution in [3.63, 3.8) is 0 Å². The smallest absolute Gasteiger partial charge is 0.314 e. The number of para-hydroxylation sites is 2. The Kier molecular flexibility index (Phi) is 4.78. The molecule has 1 aromatic carbocycles. The summed E-state index contributed by atoms with van der Waals surface area (Å²) in [4.78, 5) is 27.2. The number of urea groups is 1. The predicted octanol–water partition coefficient (Wildman–Crippen LogP) is 1.08. The van der Waals surface area contributed by atoms with Gasteiger partial charge in [-0.3, -0.25) is 4.79 Å². The first-order valence-electron chi connectivity index (χ1n) is 8.21. The maximum Gasteiger partial charge on any atom is 0.314 e. The van der Waals surface area contributed by atoms with E-state index in [1.165, 1.54) is 0 Å². The molecule has 2 aliphatic rings. The number of ether oxygens (including phenoxy) is 2. The summed E-state index contributed by atoms with van der Waals surface area (Å²) >= 11 is 0. The highest BCUT2D eigenvalue weighted by Gasteiger charge is 2.38. The van der Waals surface area contributed by atoms with Crippen molar-refractivity contribution >= 4 is 11.9 Å². The number of nitrogens with zero attached hydrogens (tertiary/aromatic N) is 2. The fraction of sp³-hybridized carbons (Fsp3) is 0.529. The monoisotopic (exact) mass is 333 g/mol. The van der Waals surface area contributed by atoms with Crippen molar-refractivity contribution in [3.05, 3.63) is 24.3 Å². The number of nitrogens with two attached hydrogens (primary N) is 1. The fourth-order valence-electron chi connectivity index (χ4n) is 3.23. The fourth-order valence-corrected chi connectivity index (χ4v) is 3.23. The summed E-state index contributed by atoms with van der Waals surface area (Å²) in [5, 5.41) is 0. The number of hydrogen-bond donors (Lipinski definition) is 1. The minimum Gasteiger partial charge on any atom is -0.493 e. The van der Waals surface area contributed by atoms with Gasteiger partial charge in [-0.05, 0) is 25.0 Å². The number of rotatable bonds is 4. The van der Waals surface area contributed by atoms with E-state index in [1.54, 1.807) is 16.9 Å². The van der Waals surface area contributed by atoms with Crippen LogP contribution in [0.25, 0.3) is 0 Å². The van der Waals surface area contributed by atoms with Crippen LogP contribution in [0.4, 0.5) is 4.79 Å². The molecule has 0 radical (unpaired) electrons. The normalized spacial score (nSPS) is 21.1. The van der Waals surface area contributed by atoms with Gasteiger partial charge in [-0.25, -0.2) is 4.79 Å². The second-order valence-electron chi connectivity index (χ2n) is 6.26. The zero-order chi connectivity index (χ0) is 17.1. The molecule has 7 nitrogen and oxygen atoms in total. The number of amides is 3. The molecule has 24 heavy (non-hydrogen) atoms. The molecule has 3 rings (SSSR count). The molecular weight excluding hydrogens is 310 g/mol. The van der Waals surface area contributed by atoms with E-state index < -0.39 is 6.03 Å². The quantitative estimate of drug-likeness (QED) is 0.893. The van der Waals surface area contributed by atoms with Gasteiger partial charge in [0, 0.05) is 13.1 Å². The lowest BCUT2D eigenvalue weighted by Gasteiger charge is -2.42. The van der Waals surface area contributed by atoms with Crippen molar-refractivity contribution < 1.29 is 19.1 Å². The van der Waals surface area contributed by atoms with Crippen molar-refractivity contribution in [2.45, 2.75) is 18.9 Å². The second kappa shape index (κ2) is 6.98. The predicted molar refractivity (Wildman–Crippen MR) is 87.9 cm³/mol. The highest BCUT2D eigenvalue weighted by molar-refractivity contribution is 5.81. The first kappa shape index (κ1) is 16.4. The first-order valence-corrected chi connectivity index (χ1v) is 8.21. The van der Waals surface area contributed by atoms with E-state index in [1.807, 2.05) is 24.3 Å². The summed E-state index contributed by atoms with van der Waals surface area (Å²) in [6.45, 7) is 2.18. The number of carbonyl (C=O) groups excluding carboxylic acids is 2. The molecule has 2 fully saturated rings. The van der Waals surface area contributed by atoms with E-state index >= 15 is 0 Å². The Balaban J connectivity index is 1.51. The van der Waals surface area contributed by atoms with Crippen LogP contribution in [0.3, 0.4) is 0 Å². The number of carbonyl (C=O) groups is 2. The van der Waals surface area contributed by atoms with Crippen LogP contribution in [0, 0.1) is 5.92 Å². The van der Waals surface area contributed by atoms with Gasteiger partial charge in [0.2, 0.25) is 5.91 Å². The Labute approximate surface area is 141 Å². The lowest BCUT2D eigenvalue weighted by Crippen LogP contribution is -2.59.